The summed E-state index contributed by atoms with van der Waals surface area (Å²) in [5.41, 5.74) is 10.7. The van der Waals surface area contributed by atoms with E-state index in [4.69, 9.17) is 11.5 Å². The number of amides is 2. The summed E-state index contributed by atoms with van der Waals surface area (Å²) < 4.78 is 0.0559. The van der Waals surface area contributed by atoms with Crippen molar-refractivity contribution in [1.82, 2.24) is 4.90 Å². The van der Waals surface area contributed by atoms with E-state index in [2.05, 4.69) is 13.8 Å². The zero-order valence-corrected chi connectivity index (χ0v) is 10.5. The van der Waals surface area contributed by atoms with Gasteiger partial charge in [0.15, 0.2) is 0 Å². The highest BCUT2D eigenvalue weighted by atomic mass is 32.2. The maximum atomic E-state index is 11.9. The summed E-state index contributed by atoms with van der Waals surface area (Å²) in [5, 5.41) is 0. The molecular weight excluding hydrogens is 226 g/mol. The normalized spacial score (nSPS) is 21.6. The second-order valence-electron chi connectivity index (χ2n) is 4.64. The van der Waals surface area contributed by atoms with Crippen molar-refractivity contribution in [3.8, 4) is 0 Å². The fourth-order valence-electron chi connectivity index (χ4n) is 1.74. The van der Waals surface area contributed by atoms with Crippen LogP contribution in [0.25, 0.3) is 0 Å². The second-order valence-corrected chi connectivity index (χ2v) is 6.45. The summed E-state index contributed by atoms with van der Waals surface area (Å²) in [7, 11) is 0. The highest BCUT2D eigenvalue weighted by Crippen LogP contribution is 2.29. The molecule has 1 aliphatic rings. The summed E-state index contributed by atoms with van der Waals surface area (Å²) in [6.07, 6.45) is -0.0805. The van der Waals surface area contributed by atoms with Crippen LogP contribution in [0, 0.1) is 0 Å². The van der Waals surface area contributed by atoms with Gasteiger partial charge in [-0.05, 0) is 13.8 Å². The maximum Gasteiger partial charge on any atom is 0.240 e. The van der Waals surface area contributed by atoms with E-state index in [0.29, 0.717) is 13.1 Å². The van der Waals surface area contributed by atoms with Crippen LogP contribution >= 0.6 is 11.8 Å². The number of hydrogen-bond acceptors (Lipinski definition) is 4. The Hall–Kier alpha value is -0.750. The molecular formula is C10H19N3O2S. The Labute approximate surface area is 99.9 Å². The van der Waals surface area contributed by atoms with E-state index in [9.17, 15) is 9.59 Å². The Kier molecular flexibility index (Phi) is 4.21. The van der Waals surface area contributed by atoms with Crippen LogP contribution in [0.5, 0.6) is 0 Å². The Morgan fingerprint density at radius 2 is 2.12 bits per heavy atom. The van der Waals surface area contributed by atoms with E-state index >= 15 is 0 Å². The van der Waals surface area contributed by atoms with Crippen LogP contribution in [0.4, 0.5) is 0 Å². The molecule has 16 heavy (non-hydrogen) atoms. The zero-order chi connectivity index (χ0) is 12.3. The number of carbonyl (C=O) groups excluding carboxylic acids is 2. The average molecular weight is 245 g/mol. The average Bonchev–Trinajstić information content (AvgIpc) is 2.13. The zero-order valence-electron chi connectivity index (χ0n) is 9.73. The van der Waals surface area contributed by atoms with Gasteiger partial charge in [-0.1, -0.05) is 0 Å². The van der Waals surface area contributed by atoms with Gasteiger partial charge in [-0.3, -0.25) is 9.59 Å². The molecule has 0 aliphatic carbocycles. The number of nitrogens with zero attached hydrogens (tertiary/aromatic N) is 1. The van der Waals surface area contributed by atoms with Crippen LogP contribution in [0.15, 0.2) is 0 Å². The minimum atomic E-state index is -0.795. The molecule has 0 bridgehead atoms. The lowest BCUT2D eigenvalue weighted by Crippen LogP contribution is -2.52. The van der Waals surface area contributed by atoms with E-state index in [0.717, 1.165) is 5.75 Å². The maximum absolute atomic E-state index is 11.9. The van der Waals surface area contributed by atoms with Crippen molar-refractivity contribution in [3.05, 3.63) is 0 Å². The van der Waals surface area contributed by atoms with Gasteiger partial charge in [0.1, 0.15) is 0 Å². The van der Waals surface area contributed by atoms with Crippen molar-refractivity contribution in [1.29, 1.82) is 0 Å². The predicted octanol–water partition coefficient (Wildman–Crippen LogP) is -0.457. The van der Waals surface area contributed by atoms with Crippen LogP contribution in [-0.2, 0) is 9.59 Å². The van der Waals surface area contributed by atoms with Gasteiger partial charge in [-0.25, -0.2) is 0 Å². The molecule has 4 N–H and O–H groups in total. The van der Waals surface area contributed by atoms with Crippen molar-refractivity contribution in [2.45, 2.75) is 31.1 Å². The number of thioether (sulfide) groups is 1. The summed E-state index contributed by atoms with van der Waals surface area (Å²) in [4.78, 5) is 24.3. The molecule has 2 amide bonds. The lowest BCUT2D eigenvalue weighted by Gasteiger charge is -2.38. The molecule has 0 radical (unpaired) electrons. The van der Waals surface area contributed by atoms with E-state index in [1.807, 2.05) is 11.8 Å². The molecule has 5 nitrogen and oxygen atoms in total. The monoisotopic (exact) mass is 245 g/mol. The van der Waals surface area contributed by atoms with Crippen LogP contribution in [-0.4, -0.2) is 46.3 Å². The topological polar surface area (TPSA) is 89.4 Å². The van der Waals surface area contributed by atoms with E-state index in [-0.39, 0.29) is 17.1 Å². The first-order valence-electron chi connectivity index (χ1n) is 5.28. The molecule has 1 aliphatic heterocycles. The van der Waals surface area contributed by atoms with Crippen molar-refractivity contribution in [2.24, 2.45) is 11.5 Å². The summed E-state index contributed by atoms with van der Waals surface area (Å²) in [5.74, 6) is 0.195. The molecule has 0 saturated carbocycles. The van der Waals surface area contributed by atoms with Crippen molar-refractivity contribution in [3.63, 3.8) is 0 Å². The van der Waals surface area contributed by atoms with Crippen LogP contribution in [0.2, 0.25) is 0 Å². The van der Waals surface area contributed by atoms with Gasteiger partial charge in [0.25, 0.3) is 0 Å². The second kappa shape index (κ2) is 5.05. The van der Waals surface area contributed by atoms with E-state index in [1.54, 1.807) is 4.90 Å². The van der Waals surface area contributed by atoms with E-state index in [1.165, 1.54) is 0 Å². The Bertz CT molecular complexity index is 294. The van der Waals surface area contributed by atoms with Gasteiger partial charge in [-0.2, -0.15) is 11.8 Å². The van der Waals surface area contributed by atoms with Gasteiger partial charge in [0, 0.05) is 23.6 Å². The largest absolute Gasteiger partial charge is 0.370 e. The molecule has 1 heterocycles. The molecule has 1 fully saturated rings. The molecule has 1 atom stereocenters. The molecule has 0 aromatic carbocycles. The third kappa shape index (κ3) is 3.68. The molecule has 0 aromatic heterocycles. The molecule has 1 saturated heterocycles. The first-order chi connectivity index (χ1) is 7.32. The Balaban J connectivity index is 2.56. The Morgan fingerprint density at radius 1 is 1.50 bits per heavy atom. The van der Waals surface area contributed by atoms with Gasteiger partial charge in [0.2, 0.25) is 11.8 Å². The summed E-state index contributed by atoms with van der Waals surface area (Å²) in [6.45, 7) is 5.55. The molecule has 0 spiro atoms. The van der Waals surface area contributed by atoms with Gasteiger partial charge >= 0.3 is 0 Å². The predicted molar refractivity (Wildman–Crippen MR) is 64.9 cm³/mol. The molecule has 1 rings (SSSR count). The number of primary amides is 1. The molecule has 6 heteroatoms. The van der Waals surface area contributed by atoms with Crippen LogP contribution in [0.1, 0.15) is 20.3 Å². The Morgan fingerprint density at radius 3 is 2.62 bits per heavy atom. The van der Waals surface area contributed by atoms with Crippen molar-refractivity contribution >= 4 is 23.6 Å². The number of hydrogen-bond donors (Lipinski definition) is 2. The molecule has 0 aromatic rings. The van der Waals surface area contributed by atoms with Crippen molar-refractivity contribution in [2.75, 3.05) is 18.8 Å². The van der Waals surface area contributed by atoms with Gasteiger partial charge in [-0.15, -0.1) is 0 Å². The van der Waals surface area contributed by atoms with E-state index < -0.39 is 11.9 Å². The highest BCUT2D eigenvalue weighted by Gasteiger charge is 2.32. The molecule has 1 unspecified atom stereocenters. The van der Waals surface area contributed by atoms with Crippen LogP contribution < -0.4 is 11.5 Å². The third-order valence-corrected chi connectivity index (χ3v) is 3.77. The smallest absolute Gasteiger partial charge is 0.240 e. The number of carbonyl (C=O) groups is 2. The molecule has 92 valence electrons. The van der Waals surface area contributed by atoms with Crippen LogP contribution in [0.3, 0.4) is 0 Å². The first-order valence-corrected chi connectivity index (χ1v) is 6.27. The third-order valence-electron chi connectivity index (χ3n) is 2.48. The van der Waals surface area contributed by atoms with Gasteiger partial charge in [0.05, 0.1) is 12.5 Å². The first kappa shape index (κ1) is 13.3. The quantitative estimate of drug-likeness (QED) is 0.704. The fourth-order valence-corrected chi connectivity index (χ4v) is 2.85. The summed E-state index contributed by atoms with van der Waals surface area (Å²) >= 11 is 1.84. The SMILES string of the molecule is CC1(C)CN(C(=O)C(N)CC(N)=O)CCS1. The fraction of sp³-hybridized carbons (Fsp3) is 0.800. The lowest BCUT2D eigenvalue weighted by atomic mass is 10.1. The highest BCUT2D eigenvalue weighted by molar-refractivity contribution is 8.00. The van der Waals surface area contributed by atoms with Crippen molar-refractivity contribution < 1.29 is 9.59 Å². The standard InChI is InChI=1S/C10H19N3O2S/c1-10(2)6-13(3-4-16-10)9(15)7(11)5-8(12)14/h7H,3-6,11H2,1-2H3,(H2,12,14). The number of nitrogens with two attached hydrogens (primary N) is 2. The minimum absolute atomic E-state index is 0.0559. The minimum Gasteiger partial charge on any atom is -0.370 e. The lowest BCUT2D eigenvalue weighted by molar-refractivity contribution is -0.134. The number of rotatable bonds is 3. The summed E-state index contributed by atoms with van der Waals surface area (Å²) in [6, 6.07) is -0.795. The van der Waals surface area contributed by atoms with Gasteiger partial charge < -0.3 is 16.4 Å².